The molecule has 0 aliphatic heterocycles. The van der Waals surface area contributed by atoms with Gasteiger partial charge in [-0.1, -0.05) is 78.1 Å². The number of unbranched alkanes of at least 4 members (excludes halogenated alkanes) is 9. The van der Waals surface area contributed by atoms with Crippen LogP contribution in [0.25, 0.3) is 0 Å². The van der Waals surface area contributed by atoms with Crippen molar-refractivity contribution in [2.24, 2.45) is 5.73 Å². The van der Waals surface area contributed by atoms with E-state index in [1.165, 1.54) is 64.0 Å². The standard InChI is InChI=1S/C12H25.C6H6N2O.Na.H/c1-3-5-7-9-11-12-10-8-6-4-2;7-6(9)5-2-1-3-8-4-5;;/h1,3-12H2,2H3;1-4H,(H2,7,9);;. The number of nitrogens with zero attached hydrogens (tertiary/aromatic N) is 1. The summed E-state index contributed by atoms with van der Waals surface area (Å²) < 4.78 is 0. The summed E-state index contributed by atoms with van der Waals surface area (Å²) in [6.45, 7) is 6.12. The van der Waals surface area contributed by atoms with Crippen molar-refractivity contribution in [2.75, 3.05) is 0 Å². The van der Waals surface area contributed by atoms with Crippen LogP contribution in [-0.2, 0) is 0 Å². The molecule has 1 heterocycles. The second-order valence-corrected chi connectivity index (χ2v) is 5.29. The Bertz CT molecular complexity index is 334. The van der Waals surface area contributed by atoms with Crippen molar-refractivity contribution in [1.82, 2.24) is 4.98 Å². The van der Waals surface area contributed by atoms with Crippen molar-refractivity contribution in [1.29, 1.82) is 0 Å². The van der Waals surface area contributed by atoms with Crippen LogP contribution < -0.4 is 5.73 Å². The normalized spacial score (nSPS) is 9.36. The molecule has 121 valence electrons. The first-order valence-electron chi connectivity index (χ1n) is 8.21. The predicted molar refractivity (Wildman–Crippen MR) is 97.1 cm³/mol. The second kappa shape index (κ2) is 18.7. The minimum atomic E-state index is -0.442. The average Bonchev–Trinajstić information content (AvgIpc) is 2.51. The molecule has 0 aliphatic carbocycles. The summed E-state index contributed by atoms with van der Waals surface area (Å²) in [7, 11) is 0. The molecule has 1 radical (unpaired) electrons. The number of rotatable bonds is 10. The van der Waals surface area contributed by atoms with Gasteiger partial charge < -0.3 is 5.73 Å². The van der Waals surface area contributed by atoms with E-state index < -0.39 is 5.91 Å². The fourth-order valence-electron chi connectivity index (χ4n) is 2.00. The Morgan fingerprint density at radius 3 is 2.00 bits per heavy atom. The monoisotopic (exact) mass is 315 g/mol. The summed E-state index contributed by atoms with van der Waals surface area (Å²) in [6.07, 6.45) is 16.9. The summed E-state index contributed by atoms with van der Waals surface area (Å²) in [4.78, 5) is 14.1. The van der Waals surface area contributed by atoms with Gasteiger partial charge in [0, 0.05) is 12.4 Å². The van der Waals surface area contributed by atoms with Crippen LogP contribution in [0.15, 0.2) is 24.5 Å². The Balaban J connectivity index is 0. The first-order chi connectivity index (χ1) is 10.2. The molecule has 0 bridgehead atoms. The number of carbonyl (C=O) groups is 1. The third-order valence-corrected chi connectivity index (χ3v) is 3.30. The molecule has 1 aromatic rings. The van der Waals surface area contributed by atoms with E-state index in [4.69, 9.17) is 5.73 Å². The predicted octanol–water partition coefficient (Wildman–Crippen LogP) is 4.27. The molecular weight excluding hydrogens is 283 g/mol. The Labute approximate surface area is 158 Å². The molecule has 3 nitrogen and oxygen atoms in total. The van der Waals surface area contributed by atoms with E-state index in [0.717, 1.165) is 6.42 Å². The van der Waals surface area contributed by atoms with Gasteiger partial charge in [-0.15, -0.1) is 0 Å². The minimum absolute atomic E-state index is 0. The summed E-state index contributed by atoms with van der Waals surface area (Å²) in [5, 5.41) is 0. The number of hydrogen-bond acceptors (Lipinski definition) is 2. The molecule has 4 heteroatoms. The van der Waals surface area contributed by atoms with Crippen LogP contribution in [0.1, 0.15) is 81.5 Å². The molecule has 0 atom stereocenters. The van der Waals surface area contributed by atoms with Crippen LogP contribution >= 0.6 is 0 Å². The number of carbonyl (C=O) groups excluding carboxylic acids is 1. The van der Waals surface area contributed by atoms with Crippen LogP contribution in [0.3, 0.4) is 0 Å². The number of aromatic nitrogens is 1. The third-order valence-electron chi connectivity index (χ3n) is 3.30. The Hall–Kier alpha value is -0.380. The van der Waals surface area contributed by atoms with E-state index in [2.05, 4.69) is 18.8 Å². The van der Waals surface area contributed by atoms with Crippen molar-refractivity contribution >= 4 is 35.5 Å². The number of primary amides is 1. The van der Waals surface area contributed by atoms with Gasteiger partial charge in [-0.05, 0) is 12.1 Å². The number of nitrogens with two attached hydrogens (primary N) is 1. The molecule has 22 heavy (non-hydrogen) atoms. The molecule has 0 fully saturated rings. The zero-order valence-corrected chi connectivity index (χ0v) is 13.5. The summed E-state index contributed by atoms with van der Waals surface area (Å²) >= 11 is 0. The fourth-order valence-corrected chi connectivity index (χ4v) is 2.00. The van der Waals surface area contributed by atoms with E-state index in [9.17, 15) is 4.79 Å². The maximum absolute atomic E-state index is 10.4. The third kappa shape index (κ3) is 16.0. The van der Waals surface area contributed by atoms with Crippen LogP contribution in [0, 0.1) is 6.92 Å². The molecule has 1 aromatic heterocycles. The van der Waals surface area contributed by atoms with Gasteiger partial charge in [-0.25, -0.2) is 0 Å². The molecule has 1 amide bonds. The van der Waals surface area contributed by atoms with Crippen molar-refractivity contribution in [3.8, 4) is 0 Å². The maximum atomic E-state index is 10.4. The van der Waals surface area contributed by atoms with Crippen molar-refractivity contribution in [3.63, 3.8) is 0 Å². The first kappa shape index (κ1) is 23.9. The first-order valence-corrected chi connectivity index (χ1v) is 8.21. The summed E-state index contributed by atoms with van der Waals surface area (Å²) in [5.41, 5.74) is 5.38. The van der Waals surface area contributed by atoms with Gasteiger partial charge in [0.05, 0.1) is 5.56 Å². The summed E-state index contributed by atoms with van der Waals surface area (Å²) in [5.74, 6) is -0.442. The van der Waals surface area contributed by atoms with E-state index in [1.54, 1.807) is 18.3 Å². The van der Waals surface area contributed by atoms with E-state index >= 15 is 0 Å². The molecule has 0 saturated carbocycles. The molecule has 0 saturated heterocycles. The molecule has 0 aliphatic rings. The average molecular weight is 315 g/mol. The molecule has 1 rings (SSSR count). The van der Waals surface area contributed by atoms with Gasteiger partial charge >= 0.3 is 29.6 Å². The number of hydrogen-bond donors (Lipinski definition) is 1. The molecule has 0 unspecified atom stereocenters. The number of amides is 1. The van der Waals surface area contributed by atoms with Crippen molar-refractivity contribution < 1.29 is 4.79 Å². The van der Waals surface area contributed by atoms with Gasteiger partial charge in [0.1, 0.15) is 0 Å². The van der Waals surface area contributed by atoms with E-state index in [1.807, 2.05) is 0 Å². The zero-order valence-electron chi connectivity index (χ0n) is 13.5. The quantitative estimate of drug-likeness (QED) is 0.518. The molecule has 0 spiro atoms. The number of pyridine rings is 1. The molecule has 0 aromatic carbocycles. The van der Waals surface area contributed by atoms with Gasteiger partial charge in [-0.3, -0.25) is 9.78 Å². The Kier molecular flexibility index (Phi) is 20.3. The van der Waals surface area contributed by atoms with Gasteiger partial charge in [-0.2, -0.15) is 0 Å². The summed E-state index contributed by atoms with van der Waals surface area (Å²) in [6, 6.07) is 3.29. The second-order valence-electron chi connectivity index (χ2n) is 5.29. The molecule has 2 N–H and O–H groups in total. The van der Waals surface area contributed by atoms with E-state index in [-0.39, 0.29) is 29.6 Å². The van der Waals surface area contributed by atoms with Gasteiger partial charge in [0.15, 0.2) is 0 Å². The van der Waals surface area contributed by atoms with E-state index in [0.29, 0.717) is 5.56 Å². The van der Waals surface area contributed by atoms with Crippen molar-refractivity contribution in [3.05, 3.63) is 37.0 Å². The zero-order chi connectivity index (χ0) is 15.8. The fraction of sp³-hybridized carbons (Fsp3) is 0.611. The Morgan fingerprint density at radius 2 is 1.64 bits per heavy atom. The topological polar surface area (TPSA) is 56.0 Å². The van der Waals surface area contributed by atoms with Crippen LogP contribution in [-0.4, -0.2) is 40.4 Å². The van der Waals surface area contributed by atoms with Crippen LogP contribution in [0.4, 0.5) is 0 Å². The van der Waals surface area contributed by atoms with Crippen LogP contribution in [0.2, 0.25) is 0 Å². The molecular formula is C18H32N2NaO. The Morgan fingerprint density at radius 1 is 1.09 bits per heavy atom. The van der Waals surface area contributed by atoms with Gasteiger partial charge in [0.25, 0.3) is 0 Å². The van der Waals surface area contributed by atoms with Crippen LogP contribution in [0.5, 0.6) is 0 Å². The SMILES string of the molecule is NC(=O)c1cccnc1.[CH2]CCCCCCCCCCC.[NaH]. The van der Waals surface area contributed by atoms with Gasteiger partial charge in [0.2, 0.25) is 5.91 Å². The van der Waals surface area contributed by atoms with Crippen molar-refractivity contribution in [2.45, 2.75) is 71.1 Å².